The van der Waals surface area contributed by atoms with E-state index in [1.165, 1.54) is 16.7 Å². The summed E-state index contributed by atoms with van der Waals surface area (Å²) in [5.41, 5.74) is 3.86. The lowest BCUT2D eigenvalue weighted by Crippen LogP contribution is -2.21. The number of alkyl halides is 1. The third kappa shape index (κ3) is 1.68. The van der Waals surface area contributed by atoms with Crippen LogP contribution in [0.4, 0.5) is 0 Å². The number of fused-ring (bicyclic) bond motifs is 1. The first-order valence-corrected chi connectivity index (χ1v) is 5.91. The molecular weight excluding hydrogens is 240 g/mol. The summed E-state index contributed by atoms with van der Waals surface area (Å²) < 4.78 is 5.86. The van der Waals surface area contributed by atoms with Gasteiger partial charge in [-0.15, -0.1) is 0 Å². The molecule has 1 aromatic carbocycles. The van der Waals surface area contributed by atoms with Gasteiger partial charge in [-0.05, 0) is 26.3 Å². The highest BCUT2D eigenvalue weighted by Crippen LogP contribution is 2.42. The van der Waals surface area contributed by atoms with Gasteiger partial charge >= 0.3 is 0 Å². The van der Waals surface area contributed by atoms with Crippen molar-refractivity contribution in [3.8, 4) is 5.75 Å². The largest absolute Gasteiger partial charge is 0.490 e. The molecule has 2 atom stereocenters. The van der Waals surface area contributed by atoms with Crippen molar-refractivity contribution in [1.29, 1.82) is 0 Å². The molecule has 1 aliphatic heterocycles. The van der Waals surface area contributed by atoms with Crippen LogP contribution in [0.15, 0.2) is 12.1 Å². The highest BCUT2D eigenvalue weighted by molar-refractivity contribution is 9.09. The lowest BCUT2D eigenvalue weighted by Gasteiger charge is -2.29. The van der Waals surface area contributed by atoms with Crippen LogP contribution >= 0.6 is 15.9 Å². The van der Waals surface area contributed by atoms with E-state index >= 15 is 0 Å². The Kier molecular flexibility index (Phi) is 2.56. The van der Waals surface area contributed by atoms with Gasteiger partial charge in [0.2, 0.25) is 0 Å². The standard InChI is InChI=1S/C12H15BrO/c1-7-4-8(2)12-10(5-7)11(13)6-9(3)14-12/h4-5,9,11H,6H2,1-3H3. The van der Waals surface area contributed by atoms with E-state index in [9.17, 15) is 0 Å². The molecule has 0 saturated heterocycles. The molecule has 1 nitrogen and oxygen atoms in total. The number of hydrogen-bond acceptors (Lipinski definition) is 1. The summed E-state index contributed by atoms with van der Waals surface area (Å²) in [7, 11) is 0. The monoisotopic (exact) mass is 254 g/mol. The fourth-order valence-electron chi connectivity index (χ4n) is 2.05. The average Bonchev–Trinajstić information content (AvgIpc) is 2.07. The van der Waals surface area contributed by atoms with E-state index in [2.05, 4.69) is 48.8 Å². The Morgan fingerprint density at radius 2 is 2.07 bits per heavy atom. The van der Waals surface area contributed by atoms with Crippen molar-refractivity contribution >= 4 is 15.9 Å². The molecule has 1 heterocycles. The maximum Gasteiger partial charge on any atom is 0.126 e. The maximum absolute atomic E-state index is 5.86. The predicted molar refractivity (Wildman–Crippen MR) is 62.3 cm³/mol. The van der Waals surface area contributed by atoms with E-state index < -0.39 is 0 Å². The molecule has 0 radical (unpaired) electrons. The summed E-state index contributed by atoms with van der Waals surface area (Å²) >= 11 is 3.72. The van der Waals surface area contributed by atoms with Crippen molar-refractivity contribution in [2.75, 3.05) is 0 Å². The quantitative estimate of drug-likeness (QED) is 0.638. The molecule has 1 aromatic rings. The van der Waals surface area contributed by atoms with Crippen LogP contribution in [0.2, 0.25) is 0 Å². The summed E-state index contributed by atoms with van der Waals surface area (Å²) in [6, 6.07) is 4.39. The van der Waals surface area contributed by atoms with E-state index in [0.29, 0.717) is 10.9 Å². The zero-order valence-electron chi connectivity index (χ0n) is 8.80. The smallest absolute Gasteiger partial charge is 0.126 e. The molecule has 14 heavy (non-hydrogen) atoms. The second-order valence-corrected chi connectivity index (χ2v) is 5.24. The SMILES string of the molecule is Cc1cc(C)c2c(c1)C(Br)CC(C)O2. The minimum absolute atomic E-state index is 0.313. The Morgan fingerprint density at radius 1 is 1.36 bits per heavy atom. The van der Waals surface area contributed by atoms with Gasteiger partial charge in [-0.3, -0.25) is 0 Å². The minimum Gasteiger partial charge on any atom is -0.490 e. The molecule has 1 aliphatic rings. The molecule has 0 aliphatic carbocycles. The molecular formula is C12H15BrO. The molecule has 2 rings (SSSR count). The highest BCUT2D eigenvalue weighted by Gasteiger charge is 2.25. The summed E-state index contributed by atoms with van der Waals surface area (Å²) in [6.45, 7) is 6.37. The van der Waals surface area contributed by atoms with Gasteiger partial charge in [-0.25, -0.2) is 0 Å². The van der Waals surface area contributed by atoms with E-state index in [1.54, 1.807) is 0 Å². The zero-order valence-corrected chi connectivity index (χ0v) is 10.4. The number of ether oxygens (including phenoxy) is 1. The fraction of sp³-hybridized carbons (Fsp3) is 0.500. The van der Waals surface area contributed by atoms with Gasteiger partial charge in [0.05, 0.1) is 6.10 Å². The topological polar surface area (TPSA) is 9.23 Å². The summed E-state index contributed by atoms with van der Waals surface area (Å²) in [4.78, 5) is 0.444. The minimum atomic E-state index is 0.313. The predicted octanol–water partition coefficient (Wildman–Crippen LogP) is 3.91. The first kappa shape index (κ1) is 10.0. The van der Waals surface area contributed by atoms with Gasteiger partial charge in [0, 0.05) is 16.8 Å². The Hall–Kier alpha value is -0.500. The zero-order chi connectivity index (χ0) is 10.3. The molecule has 0 amide bonds. The van der Waals surface area contributed by atoms with Gasteiger partial charge in [0.25, 0.3) is 0 Å². The van der Waals surface area contributed by atoms with Gasteiger partial charge < -0.3 is 4.74 Å². The normalized spacial score (nSPS) is 25.4. The molecule has 2 heteroatoms. The highest BCUT2D eigenvalue weighted by atomic mass is 79.9. The Labute approximate surface area is 93.6 Å². The van der Waals surface area contributed by atoms with Gasteiger partial charge in [0.15, 0.2) is 0 Å². The van der Waals surface area contributed by atoms with E-state index in [4.69, 9.17) is 4.74 Å². The van der Waals surface area contributed by atoms with Gasteiger partial charge in [-0.2, -0.15) is 0 Å². The van der Waals surface area contributed by atoms with Crippen LogP contribution in [0.5, 0.6) is 5.75 Å². The van der Waals surface area contributed by atoms with E-state index in [0.717, 1.165) is 12.2 Å². The van der Waals surface area contributed by atoms with Crippen LogP contribution in [0.1, 0.15) is 34.9 Å². The number of rotatable bonds is 0. The third-order valence-electron chi connectivity index (χ3n) is 2.64. The third-order valence-corrected chi connectivity index (χ3v) is 3.51. The summed E-state index contributed by atoms with van der Waals surface area (Å²) in [5, 5.41) is 0. The number of benzene rings is 1. The fourth-order valence-corrected chi connectivity index (χ4v) is 2.92. The number of aryl methyl sites for hydroxylation is 2. The Bertz CT molecular complexity index is 360. The van der Waals surface area contributed by atoms with Crippen LogP contribution < -0.4 is 4.74 Å². The van der Waals surface area contributed by atoms with Gasteiger partial charge in [-0.1, -0.05) is 33.6 Å². The summed E-state index contributed by atoms with van der Waals surface area (Å²) in [6.07, 6.45) is 1.36. The molecule has 0 aromatic heterocycles. The van der Waals surface area contributed by atoms with E-state index in [-0.39, 0.29) is 0 Å². The van der Waals surface area contributed by atoms with Crippen molar-refractivity contribution in [2.24, 2.45) is 0 Å². The Morgan fingerprint density at radius 3 is 2.79 bits per heavy atom. The van der Waals surface area contributed by atoms with Crippen molar-refractivity contribution in [1.82, 2.24) is 0 Å². The first-order valence-electron chi connectivity index (χ1n) is 5.00. The number of hydrogen-bond donors (Lipinski definition) is 0. The molecule has 0 bridgehead atoms. The second-order valence-electron chi connectivity index (χ2n) is 4.13. The van der Waals surface area contributed by atoms with Crippen LogP contribution in [0, 0.1) is 13.8 Å². The molecule has 0 spiro atoms. The van der Waals surface area contributed by atoms with Crippen molar-refractivity contribution in [2.45, 2.75) is 38.1 Å². The molecule has 76 valence electrons. The van der Waals surface area contributed by atoms with Crippen molar-refractivity contribution in [3.63, 3.8) is 0 Å². The Balaban J connectivity index is 2.53. The van der Waals surface area contributed by atoms with Crippen LogP contribution in [-0.2, 0) is 0 Å². The molecule has 2 unspecified atom stereocenters. The average molecular weight is 255 g/mol. The van der Waals surface area contributed by atoms with Crippen LogP contribution in [-0.4, -0.2) is 6.10 Å². The lowest BCUT2D eigenvalue weighted by molar-refractivity contribution is 0.190. The van der Waals surface area contributed by atoms with Gasteiger partial charge in [0.1, 0.15) is 5.75 Å². The summed E-state index contributed by atoms with van der Waals surface area (Å²) in [5.74, 6) is 1.08. The first-order chi connectivity index (χ1) is 6.58. The maximum atomic E-state index is 5.86. The molecule has 0 N–H and O–H groups in total. The van der Waals surface area contributed by atoms with E-state index in [1.807, 2.05) is 0 Å². The number of halogens is 1. The van der Waals surface area contributed by atoms with Crippen LogP contribution in [0.3, 0.4) is 0 Å². The lowest BCUT2D eigenvalue weighted by atomic mass is 9.98. The van der Waals surface area contributed by atoms with Crippen LogP contribution in [0.25, 0.3) is 0 Å². The molecule has 0 saturated carbocycles. The molecule has 0 fully saturated rings. The van der Waals surface area contributed by atoms with Crippen molar-refractivity contribution in [3.05, 3.63) is 28.8 Å². The van der Waals surface area contributed by atoms with Crippen molar-refractivity contribution < 1.29 is 4.74 Å². The second kappa shape index (κ2) is 3.58.